The number of urea groups is 1. The number of ether oxygens (including phenoxy) is 1. The standard InChI is InChI=1S/C18H18FN3O3/c1-22-11-16(25-18(22)24)13-4-8-15(9-5-13)21-17(23)20-10-12-2-6-14(19)7-3-12/h2-9,16H,10-11H2,1H3,(H2,20,21,23)/t16-/m1/s1. The summed E-state index contributed by atoms with van der Waals surface area (Å²) < 4.78 is 18.1. The van der Waals surface area contributed by atoms with E-state index in [9.17, 15) is 14.0 Å². The number of likely N-dealkylation sites (N-methyl/N-ethyl adjacent to an activating group) is 1. The van der Waals surface area contributed by atoms with Gasteiger partial charge in [0.2, 0.25) is 0 Å². The Bertz CT molecular complexity index is 762. The highest BCUT2D eigenvalue weighted by atomic mass is 19.1. The molecule has 1 aliphatic rings. The monoisotopic (exact) mass is 343 g/mol. The van der Waals surface area contributed by atoms with Crippen LogP contribution in [0.3, 0.4) is 0 Å². The number of nitrogens with zero attached hydrogens (tertiary/aromatic N) is 1. The van der Waals surface area contributed by atoms with Crippen molar-refractivity contribution >= 4 is 17.8 Å². The molecule has 3 amide bonds. The Hall–Kier alpha value is -3.09. The second kappa shape index (κ2) is 7.21. The summed E-state index contributed by atoms with van der Waals surface area (Å²) in [5.74, 6) is -0.313. The molecule has 0 radical (unpaired) electrons. The van der Waals surface area contributed by atoms with Gasteiger partial charge in [0.1, 0.15) is 11.9 Å². The van der Waals surface area contributed by atoms with Gasteiger partial charge < -0.3 is 20.3 Å². The minimum Gasteiger partial charge on any atom is -0.439 e. The number of benzene rings is 2. The molecule has 130 valence electrons. The molecule has 1 heterocycles. The topological polar surface area (TPSA) is 70.7 Å². The lowest BCUT2D eigenvalue weighted by atomic mass is 10.1. The Morgan fingerprint density at radius 2 is 1.88 bits per heavy atom. The van der Waals surface area contributed by atoms with Gasteiger partial charge in [-0.15, -0.1) is 0 Å². The van der Waals surface area contributed by atoms with Crippen molar-refractivity contribution in [3.05, 3.63) is 65.5 Å². The van der Waals surface area contributed by atoms with Crippen LogP contribution in [0.2, 0.25) is 0 Å². The van der Waals surface area contributed by atoms with Crippen molar-refractivity contribution < 1.29 is 18.7 Å². The van der Waals surface area contributed by atoms with Crippen molar-refractivity contribution in [3.63, 3.8) is 0 Å². The Morgan fingerprint density at radius 1 is 1.20 bits per heavy atom. The van der Waals surface area contributed by atoms with Crippen molar-refractivity contribution in [2.24, 2.45) is 0 Å². The lowest BCUT2D eigenvalue weighted by Crippen LogP contribution is -2.28. The highest BCUT2D eigenvalue weighted by Gasteiger charge is 2.29. The van der Waals surface area contributed by atoms with Crippen molar-refractivity contribution in [3.8, 4) is 0 Å². The Balaban J connectivity index is 1.51. The van der Waals surface area contributed by atoms with Crippen LogP contribution in [0, 0.1) is 5.82 Å². The van der Waals surface area contributed by atoms with Crippen LogP contribution in [0.1, 0.15) is 17.2 Å². The minimum absolute atomic E-state index is 0.293. The van der Waals surface area contributed by atoms with Crippen LogP contribution in [0.4, 0.5) is 19.7 Å². The van der Waals surface area contributed by atoms with Crippen molar-refractivity contribution in [2.45, 2.75) is 12.6 Å². The molecule has 2 aromatic carbocycles. The van der Waals surface area contributed by atoms with Crippen LogP contribution in [0.15, 0.2) is 48.5 Å². The van der Waals surface area contributed by atoms with E-state index in [2.05, 4.69) is 10.6 Å². The molecule has 0 bridgehead atoms. The quantitative estimate of drug-likeness (QED) is 0.895. The van der Waals surface area contributed by atoms with Gasteiger partial charge in [-0.3, -0.25) is 0 Å². The van der Waals surface area contributed by atoms with E-state index in [-0.39, 0.29) is 24.0 Å². The molecule has 1 saturated heterocycles. The van der Waals surface area contributed by atoms with E-state index in [1.54, 1.807) is 31.3 Å². The van der Waals surface area contributed by atoms with Gasteiger partial charge >= 0.3 is 12.1 Å². The average molecular weight is 343 g/mol. The third-order valence-corrected chi connectivity index (χ3v) is 3.90. The molecule has 0 aromatic heterocycles. The third-order valence-electron chi connectivity index (χ3n) is 3.90. The van der Waals surface area contributed by atoms with Crippen molar-refractivity contribution in [2.75, 3.05) is 18.9 Å². The first-order valence-electron chi connectivity index (χ1n) is 7.82. The van der Waals surface area contributed by atoms with Gasteiger partial charge in [-0.05, 0) is 35.4 Å². The summed E-state index contributed by atoms with van der Waals surface area (Å²) in [5, 5.41) is 5.42. The molecule has 25 heavy (non-hydrogen) atoms. The Morgan fingerprint density at radius 3 is 2.48 bits per heavy atom. The fourth-order valence-corrected chi connectivity index (χ4v) is 2.49. The van der Waals surface area contributed by atoms with E-state index in [1.165, 1.54) is 17.0 Å². The number of carbonyl (C=O) groups excluding carboxylic acids is 2. The molecular weight excluding hydrogens is 325 g/mol. The molecule has 1 aliphatic heterocycles. The zero-order valence-electron chi connectivity index (χ0n) is 13.7. The summed E-state index contributed by atoms with van der Waals surface area (Å²) >= 11 is 0. The molecule has 0 unspecified atom stereocenters. The average Bonchev–Trinajstić information content (AvgIpc) is 2.94. The summed E-state index contributed by atoms with van der Waals surface area (Å²) in [7, 11) is 1.68. The molecule has 1 fully saturated rings. The number of cyclic esters (lactones) is 1. The van der Waals surface area contributed by atoms with Gasteiger partial charge in [0, 0.05) is 19.3 Å². The first kappa shape index (κ1) is 16.8. The lowest BCUT2D eigenvalue weighted by molar-refractivity contribution is 0.135. The number of carbonyl (C=O) groups is 2. The Labute approximate surface area is 144 Å². The summed E-state index contributed by atoms with van der Waals surface area (Å²) in [6.45, 7) is 0.804. The normalized spacial score (nSPS) is 16.5. The number of anilines is 1. The fourth-order valence-electron chi connectivity index (χ4n) is 2.49. The largest absolute Gasteiger partial charge is 0.439 e. The van der Waals surface area contributed by atoms with Gasteiger partial charge in [0.25, 0.3) is 0 Å². The maximum atomic E-state index is 12.8. The van der Waals surface area contributed by atoms with Crippen LogP contribution in [0.5, 0.6) is 0 Å². The molecule has 2 aromatic rings. The number of rotatable bonds is 4. The molecule has 3 rings (SSSR count). The molecule has 0 spiro atoms. The third kappa shape index (κ3) is 4.26. The summed E-state index contributed by atoms with van der Waals surface area (Å²) in [6.07, 6.45) is -0.633. The first-order valence-corrected chi connectivity index (χ1v) is 7.82. The minimum atomic E-state index is -0.357. The van der Waals surface area contributed by atoms with E-state index in [1.807, 2.05) is 12.1 Å². The number of hydrogen-bond acceptors (Lipinski definition) is 3. The van der Waals surface area contributed by atoms with Gasteiger partial charge in [0.15, 0.2) is 0 Å². The first-order chi connectivity index (χ1) is 12.0. The second-order valence-electron chi connectivity index (χ2n) is 5.81. The number of nitrogens with one attached hydrogen (secondary N) is 2. The van der Waals surface area contributed by atoms with E-state index in [0.29, 0.717) is 18.8 Å². The predicted octanol–water partition coefficient (Wildman–Crippen LogP) is 3.27. The van der Waals surface area contributed by atoms with Crippen LogP contribution >= 0.6 is 0 Å². The van der Waals surface area contributed by atoms with Gasteiger partial charge in [0.05, 0.1) is 6.54 Å². The van der Waals surface area contributed by atoms with Gasteiger partial charge in [-0.25, -0.2) is 14.0 Å². The summed E-state index contributed by atoms with van der Waals surface area (Å²) in [6, 6.07) is 12.7. The highest BCUT2D eigenvalue weighted by Crippen LogP contribution is 2.25. The van der Waals surface area contributed by atoms with Crippen LogP contribution in [-0.4, -0.2) is 30.6 Å². The maximum Gasteiger partial charge on any atom is 0.410 e. The molecule has 7 heteroatoms. The number of hydrogen-bond donors (Lipinski definition) is 2. The molecule has 0 saturated carbocycles. The molecule has 2 N–H and O–H groups in total. The van der Waals surface area contributed by atoms with Crippen LogP contribution < -0.4 is 10.6 Å². The highest BCUT2D eigenvalue weighted by molar-refractivity contribution is 5.89. The molecular formula is C18H18FN3O3. The van der Waals surface area contributed by atoms with E-state index >= 15 is 0 Å². The van der Waals surface area contributed by atoms with Gasteiger partial charge in [-0.2, -0.15) is 0 Å². The predicted molar refractivity (Wildman–Crippen MR) is 90.6 cm³/mol. The fraction of sp³-hybridized carbons (Fsp3) is 0.222. The van der Waals surface area contributed by atoms with Gasteiger partial charge in [-0.1, -0.05) is 24.3 Å². The Kier molecular flexibility index (Phi) is 4.83. The summed E-state index contributed by atoms with van der Waals surface area (Å²) in [4.78, 5) is 24.8. The van der Waals surface area contributed by atoms with Crippen LogP contribution in [-0.2, 0) is 11.3 Å². The zero-order chi connectivity index (χ0) is 17.8. The second-order valence-corrected chi connectivity index (χ2v) is 5.81. The molecule has 0 aliphatic carbocycles. The zero-order valence-corrected chi connectivity index (χ0v) is 13.7. The number of halogens is 1. The maximum absolute atomic E-state index is 12.8. The molecule has 6 nitrogen and oxygen atoms in total. The molecule has 1 atom stereocenters. The SMILES string of the molecule is CN1C[C@H](c2ccc(NC(=O)NCc3ccc(F)cc3)cc2)OC1=O. The van der Waals surface area contributed by atoms with E-state index in [0.717, 1.165) is 11.1 Å². The van der Waals surface area contributed by atoms with Crippen molar-refractivity contribution in [1.29, 1.82) is 0 Å². The smallest absolute Gasteiger partial charge is 0.410 e. The lowest BCUT2D eigenvalue weighted by Gasteiger charge is -2.11. The van der Waals surface area contributed by atoms with Crippen molar-refractivity contribution in [1.82, 2.24) is 10.2 Å². The number of amides is 3. The van der Waals surface area contributed by atoms with Crippen LogP contribution in [0.25, 0.3) is 0 Å². The van der Waals surface area contributed by atoms with E-state index in [4.69, 9.17) is 4.74 Å². The summed E-state index contributed by atoms with van der Waals surface area (Å²) in [5.41, 5.74) is 2.30. The van der Waals surface area contributed by atoms with E-state index < -0.39 is 0 Å².